The summed E-state index contributed by atoms with van der Waals surface area (Å²) in [6.45, 7) is 17.0. The molecule has 2 nitrogen and oxygen atoms in total. The van der Waals surface area contributed by atoms with Crippen LogP contribution < -0.4 is 9.05 Å². The minimum Gasteiger partial charge on any atom is -0.428 e. The van der Waals surface area contributed by atoms with Crippen molar-refractivity contribution >= 4 is 29.7 Å². The molecule has 0 bridgehead atoms. The minimum atomic E-state index is -2.84. The molecule has 5 heteroatoms. The van der Waals surface area contributed by atoms with Gasteiger partial charge in [-0.3, -0.25) is 0 Å². The summed E-state index contributed by atoms with van der Waals surface area (Å²) in [5.74, 6) is 1.51. The molecule has 0 saturated carbocycles. The molecule has 0 fully saturated rings. The van der Waals surface area contributed by atoms with Crippen molar-refractivity contribution in [2.75, 3.05) is 0 Å². The van der Waals surface area contributed by atoms with Crippen LogP contribution in [0, 0.1) is 13.8 Å². The lowest BCUT2D eigenvalue weighted by molar-refractivity contribution is 0.472. The molecule has 0 N–H and O–H groups in total. The fourth-order valence-corrected chi connectivity index (χ4v) is 4.76. The predicted molar refractivity (Wildman–Crippen MR) is 124 cm³/mol. The van der Waals surface area contributed by atoms with Gasteiger partial charge in [0.2, 0.25) is 0 Å². The smallest absolute Gasteiger partial charge is 0.345 e. The van der Waals surface area contributed by atoms with Gasteiger partial charge in [0.25, 0.3) is 0 Å². The van der Waals surface area contributed by atoms with Gasteiger partial charge in [-0.05, 0) is 59.7 Å². The Kier molecular flexibility index (Phi) is 6.46. The van der Waals surface area contributed by atoms with Gasteiger partial charge in [0.15, 0.2) is 0 Å². The highest BCUT2D eigenvalue weighted by Crippen LogP contribution is 2.55. The summed E-state index contributed by atoms with van der Waals surface area (Å²) in [6, 6.07) is 12.4. The number of aryl methyl sites for hydroxylation is 2. The standard InChI is InChI=1S/C22H31O2PS2/c1-15-9-11-17(21(3,4)5)19(13-15)23-25(26,27)24-20-14-16(2)10-12-18(20)22(6,7)8/h9-14H,1-8H3,(H,26,27). The number of rotatable bonds is 4. The maximum atomic E-state index is 6.22. The summed E-state index contributed by atoms with van der Waals surface area (Å²) in [7, 11) is 0. The Morgan fingerprint density at radius 3 is 1.37 bits per heavy atom. The molecule has 148 valence electrons. The first-order valence-corrected chi connectivity index (χ1v) is 12.9. The number of thiol groups is 1. The van der Waals surface area contributed by atoms with Gasteiger partial charge in [0.05, 0.1) is 0 Å². The van der Waals surface area contributed by atoms with Crippen molar-refractivity contribution in [1.82, 2.24) is 0 Å². The van der Waals surface area contributed by atoms with Crippen molar-refractivity contribution in [3.8, 4) is 11.5 Å². The molecule has 2 rings (SSSR count). The van der Waals surface area contributed by atoms with E-state index in [9.17, 15) is 0 Å². The third kappa shape index (κ3) is 6.01. The Labute approximate surface area is 175 Å². The third-order valence-corrected chi connectivity index (χ3v) is 6.11. The minimum absolute atomic E-state index is 0.0634. The topological polar surface area (TPSA) is 18.5 Å². The van der Waals surface area contributed by atoms with Crippen LogP contribution in [0.15, 0.2) is 36.4 Å². The second-order valence-corrected chi connectivity index (χ2v) is 14.3. The summed E-state index contributed by atoms with van der Waals surface area (Å²) in [6.07, 6.45) is 0. The van der Waals surface area contributed by atoms with Gasteiger partial charge in [-0.2, -0.15) is 0 Å². The molecule has 0 aromatic heterocycles. The first-order valence-electron chi connectivity index (χ1n) is 9.13. The molecule has 0 saturated heterocycles. The van der Waals surface area contributed by atoms with E-state index in [0.29, 0.717) is 0 Å². The van der Waals surface area contributed by atoms with Crippen LogP contribution in [0.2, 0.25) is 0 Å². The molecule has 0 spiro atoms. The van der Waals surface area contributed by atoms with E-state index in [2.05, 4.69) is 78.1 Å². The van der Waals surface area contributed by atoms with Crippen molar-refractivity contribution in [2.24, 2.45) is 0 Å². The molecule has 2 aromatic rings. The molecule has 27 heavy (non-hydrogen) atoms. The van der Waals surface area contributed by atoms with E-state index in [4.69, 9.17) is 20.9 Å². The quantitative estimate of drug-likeness (QED) is 0.406. The molecular formula is C22H31O2PS2. The van der Waals surface area contributed by atoms with Crippen molar-refractivity contribution in [1.29, 1.82) is 0 Å². The van der Waals surface area contributed by atoms with Gasteiger partial charge in [0.1, 0.15) is 11.5 Å². The van der Waals surface area contributed by atoms with Crippen molar-refractivity contribution in [3.05, 3.63) is 58.7 Å². The Morgan fingerprint density at radius 2 is 1.07 bits per heavy atom. The summed E-state index contributed by atoms with van der Waals surface area (Å²) in [5.41, 5.74) is 1.46. The monoisotopic (exact) mass is 422 g/mol. The molecule has 2 aromatic carbocycles. The van der Waals surface area contributed by atoms with Crippen molar-refractivity contribution in [2.45, 2.75) is 66.2 Å². The van der Waals surface area contributed by atoms with Crippen LogP contribution in [0.1, 0.15) is 63.8 Å². The van der Waals surface area contributed by atoms with Gasteiger partial charge in [-0.25, -0.2) is 0 Å². The van der Waals surface area contributed by atoms with Gasteiger partial charge in [0, 0.05) is 11.1 Å². The van der Waals surface area contributed by atoms with Crippen molar-refractivity contribution in [3.63, 3.8) is 0 Å². The normalized spacial score (nSPS) is 12.8. The SMILES string of the molecule is Cc1ccc(C(C)(C)C)c(OP(=S)(S)Oc2cc(C)ccc2C(C)(C)C)c1. The number of hydrogen-bond acceptors (Lipinski definition) is 3. The first kappa shape index (κ1) is 22.3. The van der Waals surface area contributed by atoms with Crippen LogP contribution in [-0.4, -0.2) is 0 Å². The lowest BCUT2D eigenvalue weighted by Gasteiger charge is -2.28. The van der Waals surface area contributed by atoms with Crippen LogP contribution in [0.3, 0.4) is 0 Å². The maximum absolute atomic E-state index is 6.22. The fraction of sp³-hybridized carbons (Fsp3) is 0.455. The second-order valence-electron chi connectivity index (χ2n) is 9.15. The van der Waals surface area contributed by atoms with Gasteiger partial charge in [-0.15, -0.1) is 0 Å². The van der Waals surface area contributed by atoms with Crippen LogP contribution in [0.4, 0.5) is 0 Å². The van der Waals surface area contributed by atoms with E-state index in [-0.39, 0.29) is 10.8 Å². The van der Waals surface area contributed by atoms with Crippen molar-refractivity contribution < 1.29 is 9.05 Å². The Morgan fingerprint density at radius 1 is 0.741 bits per heavy atom. The molecule has 0 radical (unpaired) electrons. The van der Waals surface area contributed by atoms with E-state index < -0.39 is 5.69 Å². The van der Waals surface area contributed by atoms with Gasteiger partial charge >= 0.3 is 5.69 Å². The van der Waals surface area contributed by atoms with Gasteiger partial charge < -0.3 is 9.05 Å². The zero-order valence-corrected chi connectivity index (χ0v) is 20.2. The fourth-order valence-electron chi connectivity index (χ4n) is 2.92. The highest BCUT2D eigenvalue weighted by Gasteiger charge is 2.27. The molecule has 0 aliphatic carbocycles. The molecule has 0 atom stereocenters. The molecule has 0 amide bonds. The summed E-state index contributed by atoms with van der Waals surface area (Å²) >= 11 is 10.3. The molecular weight excluding hydrogens is 391 g/mol. The average Bonchev–Trinajstić information content (AvgIpc) is 2.43. The second kappa shape index (κ2) is 7.81. The van der Waals surface area contributed by atoms with E-state index in [1.807, 2.05) is 26.0 Å². The van der Waals surface area contributed by atoms with Gasteiger partial charge in [-0.1, -0.05) is 78.1 Å². The Hall–Kier alpha value is -0.960. The molecule has 0 unspecified atom stereocenters. The summed E-state index contributed by atoms with van der Waals surface area (Å²) < 4.78 is 12.4. The number of hydrogen-bond donors (Lipinski definition) is 1. The zero-order valence-electron chi connectivity index (χ0n) is 17.6. The van der Waals surface area contributed by atoms with Crippen LogP contribution >= 0.6 is 17.9 Å². The predicted octanol–water partition coefficient (Wildman–Crippen LogP) is 7.51. The zero-order chi connectivity index (χ0) is 20.6. The van der Waals surface area contributed by atoms with E-state index >= 15 is 0 Å². The van der Waals surface area contributed by atoms with Crippen LogP contribution in [0.5, 0.6) is 11.5 Å². The highest BCUT2D eigenvalue weighted by molar-refractivity contribution is 8.60. The highest BCUT2D eigenvalue weighted by atomic mass is 32.9. The Bertz CT molecular complexity index is 807. The lowest BCUT2D eigenvalue weighted by Crippen LogP contribution is -2.14. The average molecular weight is 423 g/mol. The maximum Gasteiger partial charge on any atom is 0.345 e. The number of benzene rings is 2. The first-order chi connectivity index (χ1) is 12.2. The summed E-state index contributed by atoms with van der Waals surface area (Å²) in [4.78, 5) is 0. The van der Waals surface area contributed by atoms with E-state index in [0.717, 1.165) is 33.8 Å². The van der Waals surface area contributed by atoms with Crippen LogP contribution in [0.25, 0.3) is 0 Å². The summed E-state index contributed by atoms with van der Waals surface area (Å²) in [5, 5.41) is 0. The third-order valence-electron chi connectivity index (χ3n) is 4.32. The Balaban J connectivity index is 2.42. The lowest BCUT2D eigenvalue weighted by atomic mass is 9.86. The van der Waals surface area contributed by atoms with E-state index in [1.54, 1.807) is 0 Å². The molecule has 0 aliphatic rings. The molecule has 0 aliphatic heterocycles. The van der Waals surface area contributed by atoms with E-state index in [1.165, 1.54) is 0 Å². The largest absolute Gasteiger partial charge is 0.428 e. The van der Waals surface area contributed by atoms with Crippen LogP contribution in [-0.2, 0) is 22.6 Å². The molecule has 0 heterocycles.